The van der Waals surface area contributed by atoms with Crippen molar-refractivity contribution in [1.82, 2.24) is 0 Å². The molecule has 0 heterocycles. The molecular formula is C19H21F3N2O3. The topological polar surface area (TPSA) is 64.8 Å². The van der Waals surface area contributed by atoms with Crippen molar-refractivity contribution in [3.05, 3.63) is 48.0 Å². The standard InChI is InChI=1S/C19H21F3N2O3/c1-18(2,3)27-17(25)24(4)16-11-14(8-9-15(16)23)26-13-7-5-6-12(10-13)19(20,21)22/h5-11H,23H2,1-4H3. The molecule has 0 aliphatic rings. The molecule has 0 spiro atoms. The Balaban J connectivity index is 2.26. The quantitative estimate of drug-likeness (QED) is 0.717. The molecule has 2 N–H and O–H groups in total. The van der Waals surface area contributed by atoms with E-state index in [1.165, 1.54) is 42.3 Å². The van der Waals surface area contributed by atoms with Crippen LogP contribution in [0, 0.1) is 0 Å². The van der Waals surface area contributed by atoms with Gasteiger partial charge in [0.1, 0.15) is 17.1 Å². The maximum atomic E-state index is 12.8. The van der Waals surface area contributed by atoms with Crippen LogP contribution in [0.25, 0.3) is 0 Å². The molecule has 0 radical (unpaired) electrons. The van der Waals surface area contributed by atoms with Crippen LogP contribution in [-0.2, 0) is 10.9 Å². The second-order valence-electron chi connectivity index (χ2n) is 6.89. The lowest BCUT2D eigenvalue weighted by molar-refractivity contribution is -0.137. The first kappa shape index (κ1) is 20.4. The first-order chi connectivity index (χ1) is 12.4. The van der Waals surface area contributed by atoms with Crippen LogP contribution in [-0.4, -0.2) is 18.7 Å². The number of carbonyl (C=O) groups excluding carboxylic acids is 1. The second-order valence-corrected chi connectivity index (χ2v) is 6.89. The largest absolute Gasteiger partial charge is 0.457 e. The Kier molecular flexibility index (Phi) is 5.58. The van der Waals surface area contributed by atoms with Crippen molar-refractivity contribution in [2.45, 2.75) is 32.5 Å². The van der Waals surface area contributed by atoms with E-state index >= 15 is 0 Å². The summed E-state index contributed by atoms with van der Waals surface area (Å²) in [7, 11) is 1.48. The maximum Gasteiger partial charge on any atom is 0.416 e. The van der Waals surface area contributed by atoms with E-state index in [2.05, 4.69) is 0 Å². The van der Waals surface area contributed by atoms with Gasteiger partial charge in [0.25, 0.3) is 0 Å². The molecule has 0 aliphatic heterocycles. The van der Waals surface area contributed by atoms with Gasteiger partial charge in [0, 0.05) is 13.1 Å². The summed E-state index contributed by atoms with van der Waals surface area (Å²) in [5, 5.41) is 0. The fourth-order valence-corrected chi connectivity index (χ4v) is 2.18. The molecule has 5 nitrogen and oxygen atoms in total. The Morgan fingerprint density at radius 1 is 1.04 bits per heavy atom. The third kappa shape index (κ3) is 5.54. The van der Waals surface area contributed by atoms with Crippen LogP contribution in [0.2, 0.25) is 0 Å². The highest BCUT2D eigenvalue weighted by atomic mass is 19.4. The van der Waals surface area contributed by atoms with E-state index in [4.69, 9.17) is 15.2 Å². The van der Waals surface area contributed by atoms with Gasteiger partial charge in [-0.15, -0.1) is 0 Å². The summed E-state index contributed by atoms with van der Waals surface area (Å²) >= 11 is 0. The zero-order valence-corrected chi connectivity index (χ0v) is 15.4. The van der Waals surface area contributed by atoms with E-state index in [0.717, 1.165) is 12.1 Å². The number of nitrogens with two attached hydrogens (primary N) is 1. The van der Waals surface area contributed by atoms with Crippen LogP contribution in [0.5, 0.6) is 11.5 Å². The summed E-state index contributed by atoms with van der Waals surface area (Å²) < 4.78 is 49.3. The van der Waals surface area contributed by atoms with Gasteiger partial charge in [0.15, 0.2) is 0 Å². The van der Waals surface area contributed by atoms with Gasteiger partial charge < -0.3 is 15.2 Å². The van der Waals surface area contributed by atoms with Gasteiger partial charge in [-0.25, -0.2) is 4.79 Å². The first-order valence-corrected chi connectivity index (χ1v) is 8.08. The molecule has 0 aliphatic carbocycles. The number of hydrogen-bond donors (Lipinski definition) is 1. The SMILES string of the molecule is CN(C(=O)OC(C)(C)C)c1cc(Oc2cccc(C(F)(F)F)c2)ccc1N. The summed E-state index contributed by atoms with van der Waals surface area (Å²) in [5.41, 5.74) is 5.01. The number of anilines is 2. The van der Waals surface area contributed by atoms with Crippen LogP contribution >= 0.6 is 0 Å². The van der Waals surface area contributed by atoms with E-state index in [9.17, 15) is 18.0 Å². The van der Waals surface area contributed by atoms with Crippen molar-refractivity contribution in [1.29, 1.82) is 0 Å². The number of alkyl halides is 3. The zero-order valence-electron chi connectivity index (χ0n) is 15.4. The van der Waals surface area contributed by atoms with E-state index in [-0.39, 0.29) is 11.5 Å². The van der Waals surface area contributed by atoms with E-state index in [1.807, 2.05) is 0 Å². The Bertz CT molecular complexity index is 830. The van der Waals surface area contributed by atoms with Crippen molar-refractivity contribution in [2.75, 3.05) is 17.7 Å². The Hall–Kier alpha value is -2.90. The lowest BCUT2D eigenvalue weighted by Gasteiger charge is -2.25. The minimum Gasteiger partial charge on any atom is -0.457 e. The molecule has 0 atom stereocenters. The van der Waals surface area contributed by atoms with Crippen LogP contribution in [0.4, 0.5) is 29.3 Å². The third-order valence-electron chi connectivity index (χ3n) is 3.43. The molecule has 8 heteroatoms. The summed E-state index contributed by atoms with van der Waals surface area (Å²) in [6, 6.07) is 8.97. The molecule has 146 valence electrons. The fourth-order valence-electron chi connectivity index (χ4n) is 2.18. The van der Waals surface area contributed by atoms with Gasteiger partial charge in [0.2, 0.25) is 0 Å². The number of ether oxygens (including phenoxy) is 2. The summed E-state index contributed by atoms with van der Waals surface area (Å²) in [6.45, 7) is 5.19. The van der Waals surface area contributed by atoms with E-state index in [1.54, 1.807) is 20.8 Å². The van der Waals surface area contributed by atoms with Crippen molar-refractivity contribution in [2.24, 2.45) is 0 Å². The summed E-state index contributed by atoms with van der Waals surface area (Å²) in [5.74, 6) is 0.245. The molecule has 1 amide bonds. The maximum absolute atomic E-state index is 12.8. The summed E-state index contributed by atoms with van der Waals surface area (Å²) in [4.78, 5) is 13.4. The molecule has 0 aromatic heterocycles. The molecule has 0 unspecified atom stereocenters. The highest BCUT2D eigenvalue weighted by molar-refractivity contribution is 5.91. The smallest absolute Gasteiger partial charge is 0.416 e. The van der Waals surface area contributed by atoms with Gasteiger partial charge in [-0.2, -0.15) is 13.2 Å². The number of carbonyl (C=O) groups is 1. The molecule has 0 fully saturated rings. The van der Waals surface area contributed by atoms with E-state index in [0.29, 0.717) is 11.4 Å². The molecular weight excluding hydrogens is 361 g/mol. The Morgan fingerprint density at radius 3 is 2.26 bits per heavy atom. The lowest BCUT2D eigenvalue weighted by Crippen LogP contribution is -2.34. The average molecular weight is 382 g/mol. The zero-order chi connectivity index (χ0) is 20.4. The highest BCUT2D eigenvalue weighted by Gasteiger charge is 2.30. The minimum atomic E-state index is -4.47. The molecule has 0 bridgehead atoms. The number of amides is 1. The molecule has 27 heavy (non-hydrogen) atoms. The van der Waals surface area contributed by atoms with Gasteiger partial charge in [-0.3, -0.25) is 4.90 Å². The fraction of sp³-hybridized carbons (Fsp3) is 0.316. The van der Waals surface area contributed by atoms with Gasteiger partial charge in [-0.1, -0.05) is 6.07 Å². The number of rotatable bonds is 3. The number of benzene rings is 2. The number of nitrogens with zero attached hydrogens (tertiary/aromatic N) is 1. The van der Waals surface area contributed by atoms with E-state index < -0.39 is 23.4 Å². The predicted molar refractivity (Wildman–Crippen MR) is 97.0 cm³/mol. The molecule has 2 aromatic rings. The minimum absolute atomic E-state index is 0.0143. The van der Waals surface area contributed by atoms with Crippen LogP contribution in [0.15, 0.2) is 42.5 Å². The van der Waals surface area contributed by atoms with Crippen LogP contribution < -0.4 is 15.4 Å². The van der Waals surface area contributed by atoms with Crippen molar-refractivity contribution < 1.29 is 27.4 Å². The average Bonchev–Trinajstić information content (AvgIpc) is 2.54. The Morgan fingerprint density at radius 2 is 1.67 bits per heavy atom. The van der Waals surface area contributed by atoms with Gasteiger partial charge in [-0.05, 0) is 51.1 Å². The summed E-state index contributed by atoms with van der Waals surface area (Å²) in [6.07, 6.45) is -5.09. The molecule has 2 aromatic carbocycles. The normalized spacial score (nSPS) is 11.8. The van der Waals surface area contributed by atoms with Crippen molar-refractivity contribution >= 4 is 17.5 Å². The number of halogens is 3. The van der Waals surface area contributed by atoms with Crippen molar-refractivity contribution in [3.63, 3.8) is 0 Å². The second kappa shape index (κ2) is 7.38. The molecule has 2 rings (SSSR count). The third-order valence-corrected chi connectivity index (χ3v) is 3.43. The monoisotopic (exact) mass is 382 g/mol. The van der Waals surface area contributed by atoms with Gasteiger partial charge in [0.05, 0.1) is 16.9 Å². The predicted octanol–water partition coefficient (Wildman–Crippen LogP) is 5.45. The number of hydrogen-bond acceptors (Lipinski definition) is 4. The van der Waals surface area contributed by atoms with Crippen LogP contribution in [0.1, 0.15) is 26.3 Å². The lowest BCUT2D eigenvalue weighted by atomic mass is 10.2. The highest BCUT2D eigenvalue weighted by Crippen LogP contribution is 2.34. The molecule has 0 saturated carbocycles. The molecule has 0 saturated heterocycles. The Labute approximate surface area is 155 Å². The van der Waals surface area contributed by atoms with Crippen molar-refractivity contribution in [3.8, 4) is 11.5 Å². The number of nitrogen functional groups attached to an aromatic ring is 1. The first-order valence-electron chi connectivity index (χ1n) is 8.08. The van der Waals surface area contributed by atoms with Gasteiger partial charge >= 0.3 is 12.3 Å². The van der Waals surface area contributed by atoms with Crippen LogP contribution in [0.3, 0.4) is 0 Å².